The van der Waals surface area contributed by atoms with E-state index in [0.717, 1.165) is 32.1 Å². The number of thiocarbonyl (C=S) groups is 1. The number of hydrogen-bond acceptors (Lipinski definition) is 4. The second kappa shape index (κ2) is 6.30. The van der Waals surface area contributed by atoms with Crippen LogP contribution in [-0.4, -0.2) is 28.7 Å². The number of nitrogens with two attached hydrogens (primary N) is 1. The molecule has 0 heterocycles. The SMILES string of the molecule is COc1ccc(C(=O)NC2(C(N)=S)CCCCC2)cc1O. The molecule has 0 bridgehead atoms. The molecule has 1 fully saturated rings. The standard InChI is InChI=1S/C15H20N2O3S/c1-20-12-6-5-10(9-11(12)18)13(19)17-15(14(16)21)7-3-2-4-8-15/h5-6,9,18H,2-4,7-8H2,1H3,(H2,16,21)(H,17,19). The first-order valence-electron chi connectivity index (χ1n) is 6.98. The Balaban J connectivity index is 2.19. The highest BCUT2D eigenvalue weighted by Gasteiger charge is 2.36. The van der Waals surface area contributed by atoms with E-state index in [-0.39, 0.29) is 11.7 Å². The summed E-state index contributed by atoms with van der Waals surface area (Å²) in [7, 11) is 1.46. The van der Waals surface area contributed by atoms with Crippen molar-refractivity contribution in [3.63, 3.8) is 0 Å². The number of phenolic OH excluding ortho intramolecular Hbond substituents is 1. The zero-order valence-corrected chi connectivity index (χ0v) is 12.8. The third kappa shape index (κ3) is 3.26. The van der Waals surface area contributed by atoms with Crippen LogP contribution in [0.1, 0.15) is 42.5 Å². The molecule has 1 aromatic rings. The number of nitrogens with one attached hydrogen (secondary N) is 1. The molecule has 0 atom stereocenters. The van der Waals surface area contributed by atoms with E-state index in [4.69, 9.17) is 22.7 Å². The highest BCUT2D eigenvalue weighted by molar-refractivity contribution is 7.80. The van der Waals surface area contributed by atoms with Crippen molar-refractivity contribution in [3.05, 3.63) is 23.8 Å². The summed E-state index contributed by atoms with van der Waals surface area (Å²) in [6.45, 7) is 0. The molecule has 1 aliphatic carbocycles. The number of aromatic hydroxyl groups is 1. The summed E-state index contributed by atoms with van der Waals surface area (Å²) in [6.07, 6.45) is 4.63. The lowest BCUT2D eigenvalue weighted by atomic mass is 9.81. The third-order valence-corrected chi connectivity index (χ3v) is 4.36. The van der Waals surface area contributed by atoms with Crippen LogP contribution in [0.2, 0.25) is 0 Å². The van der Waals surface area contributed by atoms with Gasteiger partial charge < -0.3 is 20.9 Å². The van der Waals surface area contributed by atoms with Gasteiger partial charge >= 0.3 is 0 Å². The molecule has 21 heavy (non-hydrogen) atoms. The summed E-state index contributed by atoms with van der Waals surface area (Å²) in [6, 6.07) is 4.53. The summed E-state index contributed by atoms with van der Waals surface area (Å²) in [5.41, 5.74) is 5.60. The van der Waals surface area contributed by atoms with Gasteiger partial charge in [0.15, 0.2) is 11.5 Å². The van der Waals surface area contributed by atoms with Crippen LogP contribution in [-0.2, 0) is 0 Å². The second-order valence-corrected chi connectivity index (χ2v) is 5.79. The molecule has 1 aromatic carbocycles. The average Bonchev–Trinajstić information content (AvgIpc) is 2.47. The van der Waals surface area contributed by atoms with E-state index in [1.165, 1.54) is 13.2 Å². The highest BCUT2D eigenvalue weighted by Crippen LogP contribution is 2.30. The number of carbonyl (C=O) groups excluding carboxylic acids is 1. The van der Waals surface area contributed by atoms with Gasteiger partial charge in [0, 0.05) is 5.56 Å². The monoisotopic (exact) mass is 308 g/mol. The topological polar surface area (TPSA) is 84.6 Å². The van der Waals surface area contributed by atoms with Gasteiger partial charge in [0.05, 0.1) is 17.6 Å². The Morgan fingerprint density at radius 3 is 2.57 bits per heavy atom. The number of rotatable bonds is 4. The smallest absolute Gasteiger partial charge is 0.252 e. The first-order chi connectivity index (χ1) is 9.98. The van der Waals surface area contributed by atoms with E-state index in [9.17, 15) is 9.90 Å². The minimum absolute atomic E-state index is 0.0711. The van der Waals surface area contributed by atoms with Crippen molar-refractivity contribution in [2.24, 2.45) is 5.73 Å². The fourth-order valence-corrected chi connectivity index (χ4v) is 2.96. The Hall–Kier alpha value is -1.82. The summed E-state index contributed by atoms with van der Waals surface area (Å²) < 4.78 is 4.97. The Morgan fingerprint density at radius 2 is 2.05 bits per heavy atom. The molecule has 0 aliphatic heterocycles. The van der Waals surface area contributed by atoms with Crippen LogP contribution < -0.4 is 15.8 Å². The fourth-order valence-electron chi connectivity index (χ4n) is 2.71. The lowest BCUT2D eigenvalue weighted by molar-refractivity contribution is 0.0908. The van der Waals surface area contributed by atoms with Crippen molar-refractivity contribution in [2.75, 3.05) is 7.11 Å². The lowest BCUT2D eigenvalue weighted by Gasteiger charge is -2.37. The maximum absolute atomic E-state index is 12.4. The van der Waals surface area contributed by atoms with Crippen LogP contribution in [0.3, 0.4) is 0 Å². The number of ether oxygens (including phenoxy) is 1. The van der Waals surface area contributed by atoms with E-state index in [1.807, 2.05) is 0 Å². The molecule has 5 nitrogen and oxygen atoms in total. The van der Waals surface area contributed by atoms with Crippen molar-refractivity contribution in [1.29, 1.82) is 0 Å². The maximum atomic E-state index is 12.4. The lowest BCUT2D eigenvalue weighted by Crippen LogP contribution is -2.57. The van der Waals surface area contributed by atoms with Gasteiger partial charge in [-0.2, -0.15) is 0 Å². The number of methoxy groups -OCH3 is 1. The quantitative estimate of drug-likeness (QED) is 0.742. The molecular formula is C15H20N2O3S. The third-order valence-electron chi connectivity index (χ3n) is 3.97. The molecule has 1 aliphatic rings. The maximum Gasteiger partial charge on any atom is 0.252 e. The van der Waals surface area contributed by atoms with E-state index < -0.39 is 5.54 Å². The summed E-state index contributed by atoms with van der Waals surface area (Å²) >= 11 is 5.16. The molecule has 1 amide bonds. The fraction of sp³-hybridized carbons (Fsp3) is 0.467. The van der Waals surface area contributed by atoms with Gasteiger partial charge in [0.2, 0.25) is 0 Å². The predicted octanol–water partition coefficient (Wildman–Crippen LogP) is 2.12. The van der Waals surface area contributed by atoms with Crippen molar-refractivity contribution < 1.29 is 14.6 Å². The Kier molecular flexibility index (Phi) is 4.67. The average molecular weight is 308 g/mol. The van der Waals surface area contributed by atoms with Crippen LogP contribution in [0.25, 0.3) is 0 Å². The van der Waals surface area contributed by atoms with Crippen LogP contribution in [0.5, 0.6) is 11.5 Å². The molecule has 0 spiro atoms. The van der Waals surface area contributed by atoms with Crippen molar-refractivity contribution in [3.8, 4) is 11.5 Å². The summed E-state index contributed by atoms with van der Waals surface area (Å²) in [5.74, 6) is -0.0332. The molecule has 0 unspecified atom stereocenters. The summed E-state index contributed by atoms with van der Waals surface area (Å²) in [5, 5.41) is 12.7. The van der Waals surface area contributed by atoms with Crippen molar-refractivity contribution in [1.82, 2.24) is 5.32 Å². The van der Waals surface area contributed by atoms with Crippen LogP contribution in [0.4, 0.5) is 0 Å². The Labute approximate surface area is 129 Å². The number of hydrogen-bond donors (Lipinski definition) is 3. The minimum Gasteiger partial charge on any atom is -0.504 e. The second-order valence-electron chi connectivity index (χ2n) is 5.35. The summed E-state index contributed by atoms with van der Waals surface area (Å²) in [4.78, 5) is 12.7. The number of carbonyl (C=O) groups is 1. The predicted molar refractivity (Wildman–Crippen MR) is 84.7 cm³/mol. The van der Waals surface area contributed by atoms with Gasteiger partial charge in [-0.15, -0.1) is 0 Å². The minimum atomic E-state index is -0.611. The molecule has 1 saturated carbocycles. The Morgan fingerprint density at radius 1 is 1.38 bits per heavy atom. The van der Waals surface area contributed by atoms with Crippen molar-refractivity contribution in [2.45, 2.75) is 37.6 Å². The number of amides is 1. The van der Waals surface area contributed by atoms with E-state index in [1.54, 1.807) is 12.1 Å². The van der Waals surface area contributed by atoms with Gasteiger partial charge in [-0.05, 0) is 31.0 Å². The number of benzene rings is 1. The first-order valence-corrected chi connectivity index (χ1v) is 7.39. The van der Waals surface area contributed by atoms with E-state index in [2.05, 4.69) is 5.32 Å². The molecule has 2 rings (SSSR count). The van der Waals surface area contributed by atoms with Gasteiger partial charge in [0.1, 0.15) is 0 Å². The molecule has 0 saturated heterocycles. The molecular weight excluding hydrogens is 288 g/mol. The van der Waals surface area contributed by atoms with Crippen molar-refractivity contribution >= 4 is 23.1 Å². The molecule has 6 heteroatoms. The number of phenols is 1. The zero-order valence-electron chi connectivity index (χ0n) is 12.0. The van der Waals surface area contributed by atoms with Crippen LogP contribution >= 0.6 is 12.2 Å². The van der Waals surface area contributed by atoms with Crippen LogP contribution in [0.15, 0.2) is 18.2 Å². The van der Waals surface area contributed by atoms with Gasteiger partial charge in [-0.25, -0.2) is 0 Å². The molecule has 0 aromatic heterocycles. The molecule has 0 radical (unpaired) electrons. The van der Waals surface area contributed by atoms with Gasteiger partial charge in [-0.1, -0.05) is 31.5 Å². The molecule has 4 N–H and O–H groups in total. The normalized spacial score (nSPS) is 17.0. The van der Waals surface area contributed by atoms with Gasteiger partial charge in [0.25, 0.3) is 5.91 Å². The van der Waals surface area contributed by atoms with E-state index >= 15 is 0 Å². The molecule has 114 valence electrons. The largest absolute Gasteiger partial charge is 0.504 e. The van der Waals surface area contributed by atoms with Crippen LogP contribution in [0, 0.1) is 0 Å². The zero-order chi connectivity index (χ0) is 15.5. The van der Waals surface area contributed by atoms with E-state index in [0.29, 0.717) is 16.3 Å². The highest BCUT2D eigenvalue weighted by atomic mass is 32.1. The first kappa shape index (κ1) is 15.6. The van der Waals surface area contributed by atoms with Gasteiger partial charge in [-0.3, -0.25) is 4.79 Å². The Bertz CT molecular complexity index is 554.